The highest BCUT2D eigenvalue weighted by Crippen LogP contribution is 2.26. The summed E-state index contributed by atoms with van der Waals surface area (Å²) < 4.78 is 29.7. The summed E-state index contributed by atoms with van der Waals surface area (Å²) >= 11 is 0. The molecule has 53 heavy (non-hydrogen) atoms. The third kappa shape index (κ3) is 11.8. The van der Waals surface area contributed by atoms with Gasteiger partial charge in [0.2, 0.25) is 0 Å². The SMILES string of the molecule is CCC(OS(C)(=O)=O)c1ccc(-c2ccc(C(=O)NC)cc2)cn1.CCC(c1ccc(-c2ccc(C(=O)NC)cc2)cn1)n1ccnc1.c1c[nH]cn1. The van der Waals surface area contributed by atoms with Gasteiger partial charge in [-0.2, -0.15) is 8.42 Å². The molecule has 6 aromatic rings. The third-order valence-electron chi connectivity index (χ3n) is 8.00. The minimum atomic E-state index is -3.54. The van der Waals surface area contributed by atoms with Crippen LogP contribution in [0.25, 0.3) is 22.3 Å². The van der Waals surface area contributed by atoms with E-state index in [0.717, 1.165) is 40.6 Å². The normalized spacial score (nSPS) is 11.9. The number of aromatic amines is 1. The quantitative estimate of drug-likeness (QED) is 0.130. The van der Waals surface area contributed by atoms with Crippen molar-refractivity contribution in [2.45, 2.75) is 38.8 Å². The molecule has 0 fully saturated rings. The van der Waals surface area contributed by atoms with E-state index in [9.17, 15) is 18.0 Å². The average Bonchev–Trinajstić information content (AvgIpc) is 3.96. The van der Waals surface area contributed by atoms with Crippen LogP contribution in [-0.4, -0.2) is 70.1 Å². The van der Waals surface area contributed by atoms with E-state index >= 15 is 0 Å². The largest absolute Gasteiger partial charge is 0.355 e. The Kier molecular flexibility index (Phi) is 14.7. The van der Waals surface area contributed by atoms with Gasteiger partial charge in [0.15, 0.2) is 0 Å². The first kappa shape index (κ1) is 39.8. The van der Waals surface area contributed by atoms with Crippen molar-refractivity contribution in [3.05, 3.63) is 145 Å². The number of hydrogen-bond donors (Lipinski definition) is 3. The van der Waals surface area contributed by atoms with Crippen LogP contribution >= 0.6 is 0 Å². The maximum Gasteiger partial charge on any atom is 0.265 e. The van der Waals surface area contributed by atoms with Crippen molar-refractivity contribution in [3.63, 3.8) is 0 Å². The number of nitrogens with zero attached hydrogens (tertiary/aromatic N) is 5. The van der Waals surface area contributed by atoms with Gasteiger partial charge < -0.3 is 20.2 Å². The summed E-state index contributed by atoms with van der Waals surface area (Å²) in [7, 11) is -0.326. The number of imidazole rings is 2. The van der Waals surface area contributed by atoms with E-state index in [2.05, 4.69) is 59.2 Å². The van der Waals surface area contributed by atoms with Crippen LogP contribution in [0.15, 0.2) is 123 Å². The minimum Gasteiger partial charge on any atom is -0.355 e. The second-order valence-corrected chi connectivity index (χ2v) is 13.2. The highest BCUT2D eigenvalue weighted by Gasteiger charge is 2.17. The molecular weight excluding hydrogens is 693 g/mol. The first-order valence-corrected chi connectivity index (χ1v) is 18.7. The molecule has 2 aromatic carbocycles. The Morgan fingerprint density at radius 3 is 1.60 bits per heavy atom. The van der Waals surface area contributed by atoms with Crippen molar-refractivity contribution in [2.24, 2.45) is 0 Å². The van der Waals surface area contributed by atoms with Gasteiger partial charge in [-0.15, -0.1) is 0 Å². The number of carbonyl (C=O) groups is 2. The summed E-state index contributed by atoms with van der Waals surface area (Å²) in [6.45, 7) is 3.97. The lowest BCUT2D eigenvalue weighted by Gasteiger charge is -2.16. The Bertz CT molecular complexity index is 2070. The lowest BCUT2D eigenvalue weighted by molar-refractivity contribution is 0.0955. The zero-order valence-electron chi connectivity index (χ0n) is 30.3. The number of rotatable bonds is 11. The molecule has 6 rings (SSSR count). The standard InChI is InChI=1S/C19H20N4O.C17H20N2O4S.C3H4N2/c1-3-18(23-11-10-21-13-23)17-9-8-16(12-22-17)14-4-6-15(7-5-14)19(24)20-2;1-4-16(23-24(3,21)22)15-10-9-14(11-19-15)12-5-7-13(8-6-12)17(20)18-2;1-2-5-3-4-1/h4-13,18H,3H2,1-2H3,(H,20,24);5-11,16H,4H2,1-3H3,(H,18,20);1-3H,(H,4,5). The maximum atomic E-state index is 11.6. The van der Waals surface area contributed by atoms with Crippen molar-refractivity contribution >= 4 is 21.9 Å². The van der Waals surface area contributed by atoms with Gasteiger partial charge >= 0.3 is 0 Å². The Morgan fingerprint density at radius 2 is 1.26 bits per heavy atom. The molecule has 276 valence electrons. The van der Waals surface area contributed by atoms with Gasteiger partial charge in [-0.05, 0) is 60.4 Å². The Morgan fingerprint density at radius 1 is 0.736 bits per heavy atom. The fourth-order valence-corrected chi connectivity index (χ4v) is 5.89. The molecule has 0 aliphatic heterocycles. The van der Waals surface area contributed by atoms with Crippen LogP contribution < -0.4 is 10.6 Å². The zero-order valence-corrected chi connectivity index (χ0v) is 31.1. The van der Waals surface area contributed by atoms with Gasteiger partial charge in [0.1, 0.15) is 6.10 Å². The highest BCUT2D eigenvalue weighted by atomic mass is 32.2. The molecule has 0 aliphatic rings. The lowest BCUT2D eigenvalue weighted by Crippen LogP contribution is -2.17. The lowest BCUT2D eigenvalue weighted by atomic mass is 10.0. The Labute approximate surface area is 310 Å². The molecule has 0 bridgehead atoms. The number of nitrogens with one attached hydrogen (secondary N) is 3. The number of hydrogen-bond acceptors (Lipinski definition) is 9. The van der Waals surface area contributed by atoms with Crippen LogP contribution in [-0.2, 0) is 14.3 Å². The molecule has 2 unspecified atom stereocenters. The summed E-state index contributed by atoms with van der Waals surface area (Å²) in [5, 5.41) is 5.19. The second kappa shape index (κ2) is 19.6. The van der Waals surface area contributed by atoms with Crippen molar-refractivity contribution < 1.29 is 22.2 Å². The van der Waals surface area contributed by atoms with E-state index in [0.29, 0.717) is 23.2 Å². The summed E-state index contributed by atoms with van der Waals surface area (Å²) in [5.74, 6) is -0.222. The number of carbonyl (C=O) groups excluding carboxylic acids is 2. The molecule has 4 aromatic heterocycles. The van der Waals surface area contributed by atoms with E-state index in [1.807, 2.05) is 68.1 Å². The van der Waals surface area contributed by atoms with Crippen molar-refractivity contribution in [1.82, 2.24) is 40.1 Å². The fraction of sp³-hybridized carbons (Fsp3) is 0.231. The Balaban J connectivity index is 0.000000209. The molecule has 2 amide bonds. The van der Waals surface area contributed by atoms with Gasteiger partial charge in [-0.1, -0.05) is 50.2 Å². The van der Waals surface area contributed by atoms with Gasteiger partial charge in [-0.3, -0.25) is 23.7 Å². The maximum absolute atomic E-state index is 11.6. The van der Waals surface area contributed by atoms with E-state index in [1.54, 1.807) is 63.4 Å². The first-order valence-electron chi connectivity index (χ1n) is 16.9. The number of amides is 2. The summed E-state index contributed by atoms with van der Waals surface area (Å²) in [5.41, 5.74) is 6.67. The first-order chi connectivity index (χ1) is 25.6. The molecule has 0 radical (unpaired) electrons. The van der Waals surface area contributed by atoms with Crippen molar-refractivity contribution in [3.8, 4) is 22.3 Å². The van der Waals surface area contributed by atoms with Crippen LogP contribution in [0.3, 0.4) is 0 Å². The predicted molar refractivity (Wildman–Crippen MR) is 204 cm³/mol. The summed E-state index contributed by atoms with van der Waals surface area (Å²) in [6, 6.07) is 22.6. The van der Waals surface area contributed by atoms with E-state index in [-0.39, 0.29) is 17.9 Å². The van der Waals surface area contributed by atoms with Crippen LogP contribution in [0.2, 0.25) is 0 Å². The van der Waals surface area contributed by atoms with Crippen molar-refractivity contribution in [2.75, 3.05) is 20.4 Å². The third-order valence-corrected chi connectivity index (χ3v) is 8.58. The summed E-state index contributed by atoms with van der Waals surface area (Å²) in [4.78, 5) is 42.6. The smallest absolute Gasteiger partial charge is 0.265 e. The summed E-state index contributed by atoms with van der Waals surface area (Å²) in [6.07, 6.45) is 16.1. The molecule has 3 N–H and O–H groups in total. The molecule has 0 spiro atoms. The number of aromatic nitrogens is 6. The molecule has 0 aliphatic carbocycles. The molecule has 2 atom stereocenters. The molecule has 14 heteroatoms. The predicted octanol–water partition coefficient (Wildman–Crippen LogP) is 6.25. The minimum absolute atomic E-state index is 0.0823. The average molecular weight is 737 g/mol. The van der Waals surface area contributed by atoms with Crippen LogP contribution in [0, 0.1) is 0 Å². The van der Waals surface area contributed by atoms with Crippen LogP contribution in [0.5, 0.6) is 0 Å². The van der Waals surface area contributed by atoms with E-state index < -0.39 is 16.2 Å². The van der Waals surface area contributed by atoms with Gasteiger partial charge in [0, 0.05) is 73.5 Å². The van der Waals surface area contributed by atoms with Gasteiger partial charge in [-0.25, -0.2) is 9.97 Å². The monoisotopic (exact) mass is 736 g/mol. The van der Waals surface area contributed by atoms with Crippen molar-refractivity contribution in [1.29, 1.82) is 0 Å². The van der Waals surface area contributed by atoms with Crippen LogP contribution in [0.1, 0.15) is 70.9 Å². The fourth-order valence-electron chi connectivity index (χ4n) is 5.24. The molecule has 0 saturated heterocycles. The van der Waals surface area contributed by atoms with Gasteiger partial charge in [0.05, 0.1) is 36.3 Å². The number of H-pyrrole nitrogens is 1. The zero-order chi connectivity index (χ0) is 38.2. The molecule has 13 nitrogen and oxygen atoms in total. The van der Waals surface area contributed by atoms with E-state index in [4.69, 9.17) is 4.18 Å². The molecular formula is C39H44N8O5S. The molecule has 4 heterocycles. The highest BCUT2D eigenvalue weighted by molar-refractivity contribution is 7.86. The van der Waals surface area contributed by atoms with Crippen LogP contribution in [0.4, 0.5) is 0 Å². The molecule has 0 saturated carbocycles. The topological polar surface area (TPSA) is 174 Å². The Hall–Kier alpha value is -5.99. The second-order valence-electron chi connectivity index (χ2n) is 11.6. The number of pyridine rings is 2. The van der Waals surface area contributed by atoms with Gasteiger partial charge in [0.25, 0.3) is 21.9 Å². The number of benzene rings is 2. The van der Waals surface area contributed by atoms with E-state index in [1.165, 1.54) is 0 Å².